The van der Waals surface area contributed by atoms with E-state index in [0.29, 0.717) is 52.2 Å². The minimum Gasteiger partial charge on any atom is -0.507 e. The first-order valence-corrected chi connectivity index (χ1v) is 10.6. The maximum absolute atomic E-state index is 13.0. The van der Waals surface area contributed by atoms with Crippen LogP contribution in [-0.2, 0) is 18.1 Å². The molecule has 0 saturated carbocycles. The summed E-state index contributed by atoms with van der Waals surface area (Å²) in [6.45, 7) is 2.12. The third-order valence-corrected chi connectivity index (χ3v) is 5.07. The molecule has 12 heteroatoms. The summed E-state index contributed by atoms with van der Waals surface area (Å²) >= 11 is 0. The van der Waals surface area contributed by atoms with Gasteiger partial charge >= 0.3 is 0 Å². The van der Waals surface area contributed by atoms with Gasteiger partial charge in [-0.05, 0) is 37.3 Å². The van der Waals surface area contributed by atoms with Crippen molar-refractivity contribution in [1.29, 1.82) is 5.41 Å². The molecule has 0 amide bonds. The SMILES string of the molecule is CCNc1ncc(-c2cc(N)cc(C=O)c2)n(CONCc2c(O)cc(C(=N)N)cc2OC)c1=O. The van der Waals surface area contributed by atoms with Crippen LogP contribution >= 0.6 is 0 Å². The van der Waals surface area contributed by atoms with Crippen LogP contribution in [0.5, 0.6) is 11.5 Å². The zero-order chi connectivity index (χ0) is 25.5. The Balaban J connectivity index is 1.87. The van der Waals surface area contributed by atoms with Crippen LogP contribution in [-0.4, -0.2) is 40.4 Å². The van der Waals surface area contributed by atoms with E-state index in [1.54, 1.807) is 12.1 Å². The van der Waals surface area contributed by atoms with Gasteiger partial charge in [-0.1, -0.05) is 0 Å². The Kier molecular flexibility index (Phi) is 8.02. The van der Waals surface area contributed by atoms with Gasteiger partial charge < -0.3 is 26.6 Å². The topological polar surface area (TPSA) is 191 Å². The van der Waals surface area contributed by atoms with Crippen molar-refractivity contribution in [2.24, 2.45) is 5.73 Å². The van der Waals surface area contributed by atoms with Gasteiger partial charge in [-0.2, -0.15) is 5.48 Å². The van der Waals surface area contributed by atoms with Crippen molar-refractivity contribution in [2.75, 3.05) is 24.7 Å². The van der Waals surface area contributed by atoms with E-state index < -0.39 is 5.56 Å². The van der Waals surface area contributed by atoms with Gasteiger partial charge in [-0.15, -0.1) is 0 Å². The summed E-state index contributed by atoms with van der Waals surface area (Å²) < 4.78 is 6.61. The number of aldehydes is 1. The monoisotopic (exact) mass is 481 g/mol. The fourth-order valence-corrected chi connectivity index (χ4v) is 3.41. The van der Waals surface area contributed by atoms with Crippen LogP contribution in [0, 0.1) is 5.41 Å². The van der Waals surface area contributed by atoms with Gasteiger partial charge in [0.1, 0.15) is 30.4 Å². The number of phenols is 1. The van der Waals surface area contributed by atoms with Crippen molar-refractivity contribution >= 4 is 23.6 Å². The first kappa shape index (κ1) is 25.2. The number of nitrogens with two attached hydrogens (primary N) is 2. The van der Waals surface area contributed by atoms with Crippen LogP contribution in [0.25, 0.3) is 11.3 Å². The summed E-state index contributed by atoms with van der Waals surface area (Å²) in [6.07, 6.45) is 2.15. The van der Waals surface area contributed by atoms with E-state index >= 15 is 0 Å². The highest BCUT2D eigenvalue weighted by molar-refractivity contribution is 5.96. The second-order valence-corrected chi connectivity index (χ2v) is 7.45. The lowest BCUT2D eigenvalue weighted by Crippen LogP contribution is -2.29. The molecule has 35 heavy (non-hydrogen) atoms. The van der Waals surface area contributed by atoms with Gasteiger partial charge in [0, 0.05) is 28.9 Å². The largest absolute Gasteiger partial charge is 0.507 e. The van der Waals surface area contributed by atoms with Gasteiger partial charge in [0.05, 0.1) is 31.1 Å². The number of nitrogens with zero attached hydrogens (tertiary/aromatic N) is 2. The molecule has 0 unspecified atom stereocenters. The van der Waals surface area contributed by atoms with Gasteiger partial charge in [-0.25, -0.2) is 4.98 Å². The van der Waals surface area contributed by atoms with E-state index in [-0.39, 0.29) is 30.7 Å². The Morgan fingerprint density at radius 1 is 1.29 bits per heavy atom. The molecular formula is C23H27N7O5. The zero-order valence-corrected chi connectivity index (χ0v) is 19.3. The maximum atomic E-state index is 13.0. The molecule has 0 fully saturated rings. The number of phenolic OH excluding ortho intramolecular Hbond substituents is 1. The Hall–Kier alpha value is -4.42. The van der Waals surface area contributed by atoms with Crippen LogP contribution < -0.4 is 32.6 Å². The predicted octanol–water partition coefficient (Wildman–Crippen LogP) is 1.41. The highest BCUT2D eigenvalue weighted by atomic mass is 16.7. The number of hydroxylamine groups is 1. The fourth-order valence-electron chi connectivity index (χ4n) is 3.41. The highest BCUT2D eigenvalue weighted by Gasteiger charge is 2.15. The van der Waals surface area contributed by atoms with Gasteiger partial charge in [0.2, 0.25) is 0 Å². The van der Waals surface area contributed by atoms with Crippen LogP contribution in [0.3, 0.4) is 0 Å². The van der Waals surface area contributed by atoms with Gasteiger partial charge in [0.25, 0.3) is 5.56 Å². The van der Waals surface area contributed by atoms with Crippen molar-refractivity contribution in [3.8, 4) is 22.8 Å². The molecule has 0 bridgehead atoms. The first-order valence-electron chi connectivity index (χ1n) is 10.6. The lowest BCUT2D eigenvalue weighted by Gasteiger charge is -2.17. The van der Waals surface area contributed by atoms with Crippen molar-refractivity contribution in [3.05, 3.63) is 63.6 Å². The van der Waals surface area contributed by atoms with Gasteiger partial charge in [0.15, 0.2) is 5.82 Å². The zero-order valence-electron chi connectivity index (χ0n) is 19.3. The number of carbonyl (C=O) groups excluding carboxylic acids is 1. The van der Waals surface area contributed by atoms with Crippen molar-refractivity contribution in [3.63, 3.8) is 0 Å². The fraction of sp³-hybridized carbons (Fsp3) is 0.217. The number of aromatic nitrogens is 2. The summed E-state index contributed by atoms with van der Waals surface area (Å²) in [5.41, 5.74) is 16.0. The van der Waals surface area contributed by atoms with Gasteiger partial charge in [-0.3, -0.25) is 24.4 Å². The molecule has 0 saturated heterocycles. The standard InChI is InChI=1S/C23H27N7O5/c1-3-27-22-23(33)30(18(10-28-22)14-4-13(11-31)5-16(24)6-14)12-35-29-9-17-19(32)7-15(21(25)26)8-20(17)34-2/h4-8,10-11,29,32H,3,9,12,24H2,1-2H3,(H3,25,26)(H,27,28). The number of benzene rings is 2. The lowest BCUT2D eigenvalue weighted by atomic mass is 10.1. The average molecular weight is 482 g/mol. The number of aromatic hydroxyl groups is 1. The molecule has 3 aromatic rings. The van der Waals surface area contributed by atoms with Crippen LogP contribution in [0.15, 0.2) is 41.3 Å². The number of nitrogens with one attached hydrogen (secondary N) is 3. The quantitative estimate of drug-likeness (QED) is 0.0583. The second kappa shape index (κ2) is 11.1. The number of carbonyl (C=O) groups is 1. The van der Waals surface area contributed by atoms with Crippen molar-refractivity contribution < 1.29 is 19.5 Å². The van der Waals surface area contributed by atoms with Crippen LogP contribution in [0.4, 0.5) is 11.5 Å². The third kappa shape index (κ3) is 5.75. The van der Waals surface area contributed by atoms with E-state index in [4.69, 9.17) is 26.5 Å². The summed E-state index contributed by atoms with van der Waals surface area (Å²) in [5.74, 6) is 0.0971. The Morgan fingerprint density at radius 3 is 2.71 bits per heavy atom. The molecular weight excluding hydrogens is 454 g/mol. The minimum atomic E-state index is -0.438. The number of nitrogen functional groups attached to an aromatic ring is 2. The van der Waals surface area contributed by atoms with E-state index in [1.807, 2.05) is 6.92 Å². The van der Waals surface area contributed by atoms with E-state index in [9.17, 15) is 14.7 Å². The van der Waals surface area contributed by atoms with Crippen LogP contribution in [0.1, 0.15) is 28.4 Å². The molecule has 3 rings (SSSR count). The molecule has 0 aliphatic carbocycles. The van der Waals surface area contributed by atoms with Crippen LogP contribution in [0.2, 0.25) is 0 Å². The number of anilines is 2. The Bertz CT molecular complexity index is 1310. The third-order valence-electron chi connectivity index (χ3n) is 5.07. The summed E-state index contributed by atoms with van der Waals surface area (Å²) in [6, 6.07) is 7.61. The molecule has 0 aliphatic rings. The maximum Gasteiger partial charge on any atom is 0.295 e. The number of rotatable bonds is 11. The minimum absolute atomic E-state index is 0.0238. The summed E-state index contributed by atoms with van der Waals surface area (Å²) in [5, 5.41) is 20.8. The summed E-state index contributed by atoms with van der Waals surface area (Å²) in [4.78, 5) is 34.1. The smallest absolute Gasteiger partial charge is 0.295 e. The predicted molar refractivity (Wildman–Crippen MR) is 131 cm³/mol. The average Bonchev–Trinajstić information content (AvgIpc) is 2.83. The Morgan fingerprint density at radius 2 is 2.06 bits per heavy atom. The van der Waals surface area contributed by atoms with Crippen molar-refractivity contribution in [1.82, 2.24) is 15.0 Å². The van der Waals surface area contributed by atoms with Crippen molar-refractivity contribution in [2.45, 2.75) is 20.2 Å². The number of hydrogen-bond donors (Lipinski definition) is 6. The molecule has 12 nitrogen and oxygen atoms in total. The second-order valence-electron chi connectivity index (χ2n) is 7.45. The molecule has 8 N–H and O–H groups in total. The molecule has 0 spiro atoms. The van der Waals surface area contributed by atoms with E-state index in [0.717, 1.165) is 0 Å². The lowest BCUT2D eigenvalue weighted by molar-refractivity contribution is -0.0111. The Labute approximate surface area is 201 Å². The number of hydrogen-bond acceptors (Lipinski definition) is 10. The molecule has 0 radical (unpaired) electrons. The molecule has 1 heterocycles. The van der Waals surface area contributed by atoms with E-state index in [1.165, 1.54) is 36.1 Å². The number of amidine groups is 1. The first-order chi connectivity index (χ1) is 16.8. The molecule has 0 atom stereocenters. The molecule has 1 aromatic heterocycles. The highest BCUT2D eigenvalue weighted by Crippen LogP contribution is 2.29. The normalized spacial score (nSPS) is 10.7. The number of methoxy groups -OCH3 is 1. The summed E-state index contributed by atoms with van der Waals surface area (Å²) in [7, 11) is 1.42. The molecule has 0 aliphatic heterocycles. The van der Waals surface area contributed by atoms with E-state index in [2.05, 4.69) is 15.8 Å². The molecule has 2 aromatic carbocycles. The number of ether oxygens (including phenoxy) is 1. The molecule has 184 valence electrons.